The quantitative estimate of drug-likeness (QED) is 0.453. The van der Waals surface area contributed by atoms with Crippen LogP contribution >= 0.6 is 0 Å². The molecule has 0 bridgehead atoms. The molecule has 0 radical (unpaired) electrons. The molecule has 1 aliphatic rings. The summed E-state index contributed by atoms with van der Waals surface area (Å²) in [6, 6.07) is 6.33. The van der Waals surface area contributed by atoms with Gasteiger partial charge in [-0.2, -0.15) is 5.10 Å². The minimum absolute atomic E-state index is 0.00972. The topological polar surface area (TPSA) is 66.1 Å². The average Bonchev–Trinajstić information content (AvgIpc) is 3.23. The van der Waals surface area contributed by atoms with Gasteiger partial charge in [0.1, 0.15) is 17.4 Å². The minimum atomic E-state index is -1.71. The summed E-state index contributed by atoms with van der Waals surface area (Å²) in [6.45, 7) is 15.3. The fraction of sp³-hybridized carbons (Fsp3) is 0.538. The first-order valence-corrected chi connectivity index (χ1v) is 15.3. The lowest BCUT2D eigenvalue weighted by atomic mass is 10.0. The number of aromatic nitrogens is 3. The number of halogens is 1. The van der Waals surface area contributed by atoms with Crippen molar-refractivity contribution in [3.63, 3.8) is 0 Å². The molecule has 0 spiro atoms. The third-order valence-electron chi connectivity index (χ3n) is 7.74. The van der Waals surface area contributed by atoms with Gasteiger partial charge in [-0.25, -0.2) is 13.9 Å². The summed E-state index contributed by atoms with van der Waals surface area (Å²) in [4.78, 5) is 9.54. The Labute approximate surface area is 208 Å². The van der Waals surface area contributed by atoms with Gasteiger partial charge in [0, 0.05) is 56.7 Å². The van der Waals surface area contributed by atoms with Crippen LogP contribution in [0.25, 0.3) is 16.8 Å². The van der Waals surface area contributed by atoms with Crippen LogP contribution in [-0.2, 0) is 4.43 Å². The number of fused-ring (bicyclic) bond motifs is 1. The van der Waals surface area contributed by atoms with Crippen LogP contribution in [0.5, 0.6) is 5.75 Å². The Balaban J connectivity index is 1.40. The van der Waals surface area contributed by atoms with Crippen molar-refractivity contribution in [2.24, 2.45) is 0 Å². The molecule has 3 heterocycles. The van der Waals surface area contributed by atoms with E-state index in [0.29, 0.717) is 22.8 Å². The second-order valence-electron chi connectivity index (χ2n) is 11.1. The molecular formula is C26H38FN5O2Si. The molecule has 0 atom stereocenters. The number of anilines is 1. The van der Waals surface area contributed by atoms with E-state index in [1.54, 1.807) is 10.7 Å². The van der Waals surface area contributed by atoms with Crippen LogP contribution in [0, 0.1) is 5.82 Å². The van der Waals surface area contributed by atoms with Crippen molar-refractivity contribution in [1.82, 2.24) is 19.5 Å². The SMILES string of the molecule is CN(c1ccn2ncc(-c3cc(O)ccc3F)c2n1)C1CCN(CCO[Si](C)(C)C(C)(C)C)CC1. The zero-order valence-corrected chi connectivity index (χ0v) is 22.8. The highest BCUT2D eigenvalue weighted by molar-refractivity contribution is 6.74. The van der Waals surface area contributed by atoms with E-state index >= 15 is 0 Å². The van der Waals surface area contributed by atoms with Crippen LogP contribution in [0.4, 0.5) is 10.2 Å². The normalized spacial score (nSPS) is 16.2. The van der Waals surface area contributed by atoms with Gasteiger partial charge in [0.2, 0.25) is 0 Å². The maximum Gasteiger partial charge on any atom is 0.192 e. The van der Waals surface area contributed by atoms with E-state index in [-0.39, 0.29) is 10.8 Å². The van der Waals surface area contributed by atoms with E-state index in [1.807, 2.05) is 12.3 Å². The molecule has 0 aliphatic carbocycles. The molecule has 0 unspecified atom stereocenters. The summed E-state index contributed by atoms with van der Waals surface area (Å²) in [5, 5.41) is 14.4. The lowest BCUT2D eigenvalue weighted by Gasteiger charge is -2.39. The Morgan fingerprint density at radius 1 is 1.17 bits per heavy atom. The highest BCUT2D eigenvalue weighted by Gasteiger charge is 2.37. The molecule has 35 heavy (non-hydrogen) atoms. The predicted octanol–water partition coefficient (Wildman–Crippen LogP) is 5.16. The number of benzene rings is 1. The third kappa shape index (κ3) is 5.52. The Morgan fingerprint density at radius 2 is 1.89 bits per heavy atom. The number of likely N-dealkylation sites (tertiary alicyclic amines) is 1. The van der Waals surface area contributed by atoms with E-state index in [1.165, 1.54) is 18.2 Å². The first-order chi connectivity index (χ1) is 16.5. The third-order valence-corrected chi connectivity index (χ3v) is 12.3. The van der Waals surface area contributed by atoms with Gasteiger partial charge in [-0.3, -0.25) is 0 Å². The van der Waals surface area contributed by atoms with Crippen molar-refractivity contribution < 1.29 is 13.9 Å². The lowest BCUT2D eigenvalue weighted by molar-refractivity contribution is 0.166. The highest BCUT2D eigenvalue weighted by atomic mass is 28.4. The van der Waals surface area contributed by atoms with Crippen LogP contribution < -0.4 is 4.90 Å². The standard InChI is InChI=1S/C26H38FN5O2Si/c1-26(2,3)35(5,6)34-16-15-31-12-9-19(10-13-31)30(4)24-11-14-32-25(29-24)22(18-28-32)21-17-20(33)7-8-23(21)27/h7-8,11,14,17-19,33H,9-10,12-13,15-16H2,1-6H3. The second kappa shape index (κ2) is 9.87. The molecule has 0 saturated carbocycles. The number of hydrogen-bond donors (Lipinski definition) is 1. The molecule has 7 nitrogen and oxygen atoms in total. The summed E-state index contributed by atoms with van der Waals surface area (Å²) in [5.74, 6) is 0.429. The number of nitrogens with zero attached hydrogens (tertiary/aromatic N) is 5. The van der Waals surface area contributed by atoms with Crippen molar-refractivity contribution in [2.75, 3.05) is 38.2 Å². The van der Waals surface area contributed by atoms with Gasteiger partial charge in [-0.1, -0.05) is 20.8 Å². The molecule has 1 fully saturated rings. The van der Waals surface area contributed by atoms with Gasteiger partial charge >= 0.3 is 0 Å². The molecule has 1 aromatic carbocycles. The molecule has 190 valence electrons. The minimum Gasteiger partial charge on any atom is -0.508 e. The largest absolute Gasteiger partial charge is 0.508 e. The first kappa shape index (κ1) is 25.6. The van der Waals surface area contributed by atoms with Gasteiger partial charge in [0.15, 0.2) is 14.0 Å². The van der Waals surface area contributed by atoms with Crippen LogP contribution in [0.1, 0.15) is 33.6 Å². The van der Waals surface area contributed by atoms with Crippen molar-refractivity contribution in [2.45, 2.75) is 57.8 Å². The number of aromatic hydroxyl groups is 1. The van der Waals surface area contributed by atoms with E-state index in [0.717, 1.165) is 44.9 Å². The van der Waals surface area contributed by atoms with Crippen LogP contribution in [-0.4, -0.2) is 72.3 Å². The van der Waals surface area contributed by atoms with Gasteiger partial charge in [-0.05, 0) is 55.2 Å². The Kier molecular flexibility index (Phi) is 7.22. The van der Waals surface area contributed by atoms with Crippen LogP contribution in [0.15, 0.2) is 36.7 Å². The van der Waals surface area contributed by atoms with Crippen LogP contribution in [0.2, 0.25) is 18.1 Å². The Hall–Kier alpha value is -2.49. The second-order valence-corrected chi connectivity index (χ2v) is 15.9. The predicted molar refractivity (Wildman–Crippen MR) is 141 cm³/mol. The van der Waals surface area contributed by atoms with Crippen molar-refractivity contribution >= 4 is 19.8 Å². The Bertz CT molecular complexity index is 1170. The first-order valence-electron chi connectivity index (χ1n) is 12.4. The van der Waals surface area contributed by atoms with E-state index in [4.69, 9.17) is 9.41 Å². The fourth-order valence-electron chi connectivity index (χ4n) is 4.33. The van der Waals surface area contributed by atoms with Gasteiger partial charge in [0.25, 0.3) is 0 Å². The average molecular weight is 500 g/mol. The molecule has 1 saturated heterocycles. The summed E-state index contributed by atoms with van der Waals surface area (Å²) >= 11 is 0. The summed E-state index contributed by atoms with van der Waals surface area (Å²) in [5.41, 5.74) is 1.42. The number of rotatable bonds is 7. The molecule has 1 N–H and O–H groups in total. The molecule has 1 aliphatic heterocycles. The van der Waals surface area contributed by atoms with Crippen LogP contribution in [0.3, 0.4) is 0 Å². The number of phenols is 1. The molecule has 4 rings (SSSR count). The summed E-state index contributed by atoms with van der Waals surface area (Å²) in [7, 11) is 0.369. The van der Waals surface area contributed by atoms with Gasteiger partial charge in [-0.15, -0.1) is 0 Å². The monoisotopic (exact) mass is 499 g/mol. The highest BCUT2D eigenvalue weighted by Crippen LogP contribution is 2.36. The molecule has 0 amide bonds. The van der Waals surface area contributed by atoms with Crippen molar-refractivity contribution in [3.8, 4) is 16.9 Å². The zero-order valence-electron chi connectivity index (χ0n) is 21.8. The zero-order chi connectivity index (χ0) is 25.4. The van der Waals surface area contributed by atoms with Gasteiger partial charge in [0.05, 0.1) is 6.20 Å². The molecule has 9 heteroatoms. The molecule has 3 aromatic rings. The maximum atomic E-state index is 14.5. The maximum absolute atomic E-state index is 14.5. The number of piperidine rings is 1. The smallest absolute Gasteiger partial charge is 0.192 e. The lowest BCUT2D eigenvalue weighted by Crippen LogP contribution is -2.46. The van der Waals surface area contributed by atoms with Crippen molar-refractivity contribution in [1.29, 1.82) is 0 Å². The van der Waals surface area contributed by atoms with E-state index < -0.39 is 14.1 Å². The summed E-state index contributed by atoms with van der Waals surface area (Å²) in [6.07, 6.45) is 5.55. The van der Waals surface area contributed by atoms with E-state index in [9.17, 15) is 9.50 Å². The Morgan fingerprint density at radius 3 is 2.57 bits per heavy atom. The number of hydrogen-bond acceptors (Lipinski definition) is 6. The summed E-state index contributed by atoms with van der Waals surface area (Å²) < 4.78 is 22.5. The fourth-order valence-corrected chi connectivity index (χ4v) is 5.36. The number of phenolic OH excluding ortho intramolecular Hbond substituents is 1. The molecular weight excluding hydrogens is 461 g/mol. The van der Waals surface area contributed by atoms with Crippen molar-refractivity contribution in [3.05, 3.63) is 42.5 Å². The molecule has 2 aromatic heterocycles. The van der Waals surface area contributed by atoms with E-state index in [2.05, 4.69) is 55.8 Å². The van der Waals surface area contributed by atoms with Gasteiger partial charge < -0.3 is 19.3 Å².